The van der Waals surface area contributed by atoms with Gasteiger partial charge in [-0.2, -0.15) is 0 Å². The van der Waals surface area contributed by atoms with Gasteiger partial charge in [0.25, 0.3) is 0 Å². The second kappa shape index (κ2) is 8.69. The van der Waals surface area contributed by atoms with E-state index in [0.717, 1.165) is 43.3 Å². The number of hydrogen-bond acceptors (Lipinski definition) is 6. The van der Waals surface area contributed by atoms with Crippen LogP contribution in [0.25, 0.3) is 0 Å². The van der Waals surface area contributed by atoms with Crippen LogP contribution in [-0.4, -0.2) is 56.9 Å². The lowest BCUT2D eigenvalue weighted by Gasteiger charge is -2.39. The summed E-state index contributed by atoms with van der Waals surface area (Å²) < 4.78 is 16.7. The molecule has 3 heterocycles. The molecule has 0 aromatic rings. The van der Waals surface area contributed by atoms with E-state index in [1.54, 1.807) is 14.2 Å². The molecule has 0 radical (unpaired) electrons. The van der Waals surface area contributed by atoms with Crippen LogP contribution in [0.1, 0.15) is 12.8 Å². The van der Waals surface area contributed by atoms with Gasteiger partial charge in [0, 0.05) is 38.7 Å². The monoisotopic (exact) mass is 383 g/mol. The van der Waals surface area contributed by atoms with Crippen LogP contribution >= 0.6 is 0 Å². The zero-order valence-electron chi connectivity index (χ0n) is 16.6. The summed E-state index contributed by atoms with van der Waals surface area (Å²) in [6.45, 7) is 2.58. The van der Waals surface area contributed by atoms with E-state index in [1.165, 1.54) is 0 Å². The van der Waals surface area contributed by atoms with Gasteiger partial charge < -0.3 is 24.4 Å². The summed E-state index contributed by atoms with van der Waals surface area (Å²) >= 11 is 0. The Labute approximate surface area is 166 Å². The summed E-state index contributed by atoms with van der Waals surface area (Å²) in [5.41, 5.74) is 0. The minimum absolute atomic E-state index is 0.0536. The molecule has 150 valence electrons. The molecule has 0 aromatic heterocycles. The molecule has 28 heavy (non-hydrogen) atoms. The molecular weight excluding hydrogens is 354 g/mol. The van der Waals surface area contributed by atoms with E-state index in [2.05, 4.69) is 46.7 Å². The Morgan fingerprint density at radius 2 is 2.04 bits per heavy atom. The fourth-order valence-electron chi connectivity index (χ4n) is 3.99. The zero-order chi connectivity index (χ0) is 19.3. The van der Waals surface area contributed by atoms with Gasteiger partial charge in [0.15, 0.2) is 6.23 Å². The molecule has 4 atom stereocenters. The van der Waals surface area contributed by atoms with E-state index in [1.807, 2.05) is 12.3 Å². The van der Waals surface area contributed by atoms with E-state index in [4.69, 9.17) is 19.2 Å². The number of fused-ring (bicyclic) bond motifs is 1. The summed E-state index contributed by atoms with van der Waals surface area (Å²) in [6, 6.07) is 0.154. The van der Waals surface area contributed by atoms with Crippen LogP contribution in [0.2, 0.25) is 0 Å². The van der Waals surface area contributed by atoms with Crippen molar-refractivity contribution in [2.45, 2.75) is 25.1 Å². The van der Waals surface area contributed by atoms with Crippen molar-refractivity contribution in [3.63, 3.8) is 0 Å². The first-order valence-corrected chi connectivity index (χ1v) is 9.98. The molecular formula is C22H29N3O3. The Hall–Kier alpha value is -2.47. The SMILES string of the molecule is COC1=CNC(COC2=CC3CN(C4=NC(OC)CC=C4)CCC3C=C2)C=C1. The number of nitrogens with one attached hydrogen (secondary N) is 1. The average molecular weight is 383 g/mol. The summed E-state index contributed by atoms with van der Waals surface area (Å²) in [4.78, 5) is 7.10. The van der Waals surface area contributed by atoms with Gasteiger partial charge in [0.1, 0.15) is 24.0 Å². The molecule has 1 aliphatic carbocycles. The van der Waals surface area contributed by atoms with Crippen molar-refractivity contribution >= 4 is 5.84 Å². The molecule has 0 saturated carbocycles. The summed E-state index contributed by atoms with van der Waals surface area (Å²) in [6.07, 6.45) is 18.8. The number of ether oxygens (including phenoxy) is 3. The van der Waals surface area contributed by atoms with E-state index in [-0.39, 0.29) is 12.3 Å². The van der Waals surface area contributed by atoms with E-state index in [9.17, 15) is 0 Å². The standard InChI is InChI=1S/C22H29N3O3/c1-26-20-9-7-18(23-13-20)15-28-19-8-6-16-10-11-25(14-17(16)12-19)21-4-3-5-22(24-21)27-2/h3-4,6-9,12-13,16-18,22-23H,5,10-11,14-15H2,1-2H3. The lowest BCUT2D eigenvalue weighted by molar-refractivity contribution is 0.109. The number of dihydropyridines is 2. The van der Waals surface area contributed by atoms with Crippen molar-refractivity contribution in [1.82, 2.24) is 10.2 Å². The van der Waals surface area contributed by atoms with Crippen molar-refractivity contribution in [2.24, 2.45) is 16.8 Å². The number of amidine groups is 1. The first kappa shape index (κ1) is 18.9. The molecule has 4 aliphatic rings. The number of aliphatic imine (C=N–C) groups is 1. The Morgan fingerprint density at radius 3 is 2.82 bits per heavy atom. The van der Waals surface area contributed by atoms with E-state index < -0.39 is 0 Å². The van der Waals surface area contributed by atoms with Crippen molar-refractivity contribution in [3.05, 3.63) is 60.3 Å². The molecule has 0 amide bonds. The number of nitrogens with zero attached hydrogens (tertiary/aromatic N) is 2. The normalized spacial score (nSPS) is 31.4. The maximum absolute atomic E-state index is 6.06. The maximum atomic E-state index is 6.06. The third kappa shape index (κ3) is 4.33. The number of methoxy groups -OCH3 is 2. The summed E-state index contributed by atoms with van der Waals surface area (Å²) in [5, 5.41) is 3.28. The molecule has 6 heteroatoms. The van der Waals surface area contributed by atoms with Crippen LogP contribution in [0.15, 0.2) is 65.2 Å². The van der Waals surface area contributed by atoms with Gasteiger partial charge in [-0.15, -0.1) is 0 Å². The molecule has 4 rings (SSSR count). The average Bonchev–Trinajstić information content (AvgIpc) is 2.77. The van der Waals surface area contributed by atoms with Gasteiger partial charge in [-0.3, -0.25) is 0 Å². The highest BCUT2D eigenvalue weighted by molar-refractivity contribution is 5.93. The molecule has 4 unspecified atom stereocenters. The van der Waals surface area contributed by atoms with Gasteiger partial charge >= 0.3 is 0 Å². The predicted molar refractivity (Wildman–Crippen MR) is 109 cm³/mol. The molecule has 0 aromatic carbocycles. The van der Waals surface area contributed by atoms with Gasteiger partial charge in [-0.1, -0.05) is 18.2 Å². The van der Waals surface area contributed by atoms with Crippen molar-refractivity contribution in [1.29, 1.82) is 0 Å². The highest BCUT2D eigenvalue weighted by atomic mass is 16.5. The maximum Gasteiger partial charge on any atom is 0.153 e. The quantitative estimate of drug-likeness (QED) is 0.791. The number of likely N-dealkylation sites (tertiary alicyclic amines) is 1. The van der Waals surface area contributed by atoms with Crippen LogP contribution in [0.4, 0.5) is 0 Å². The Morgan fingerprint density at radius 1 is 1.14 bits per heavy atom. The lowest BCUT2D eigenvalue weighted by atomic mass is 9.82. The molecule has 6 nitrogen and oxygen atoms in total. The minimum atomic E-state index is -0.0536. The second-order valence-corrected chi connectivity index (χ2v) is 7.50. The number of allylic oxidation sites excluding steroid dienone is 3. The second-order valence-electron chi connectivity index (χ2n) is 7.50. The molecule has 3 aliphatic heterocycles. The summed E-state index contributed by atoms with van der Waals surface area (Å²) in [5.74, 6) is 3.85. The number of piperidine rings is 1. The van der Waals surface area contributed by atoms with Crippen LogP contribution in [0, 0.1) is 11.8 Å². The van der Waals surface area contributed by atoms with Gasteiger partial charge in [-0.25, -0.2) is 4.99 Å². The number of hydrogen-bond donors (Lipinski definition) is 1. The number of rotatable bonds is 5. The zero-order valence-corrected chi connectivity index (χ0v) is 16.6. The third-order valence-corrected chi connectivity index (χ3v) is 5.67. The fourth-order valence-corrected chi connectivity index (χ4v) is 3.99. The topological polar surface area (TPSA) is 55.3 Å². The van der Waals surface area contributed by atoms with Crippen LogP contribution in [0.3, 0.4) is 0 Å². The first-order chi connectivity index (χ1) is 13.7. The van der Waals surface area contributed by atoms with E-state index in [0.29, 0.717) is 18.4 Å². The van der Waals surface area contributed by atoms with Crippen molar-refractivity contribution in [2.75, 3.05) is 33.9 Å². The molecule has 0 spiro atoms. The smallest absolute Gasteiger partial charge is 0.153 e. The minimum Gasteiger partial charge on any atom is -0.495 e. The first-order valence-electron chi connectivity index (χ1n) is 9.98. The predicted octanol–water partition coefficient (Wildman–Crippen LogP) is 2.74. The Balaban J connectivity index is 1.34. The van der Waals surface area contributed by atoms with Crippen LogP contribution in [-0.2, 0) is 14.2 Å². The molecule has 1 N–H and O–H groups in total. The Kier molecular flexibility index (Phi) is 5.86. The van der Waals surface area contributed by atoms with Crippen molar-refractivity contribution in [3.8, 4) is 0 Å². The molecule has 0 bridgehead atoms. The van der Waals surface area contributed by atoms with Gasteiger partial charge in [0.2, 0.25) is 0 Å². The highest BCUT2D eigenvalue weighted by Crippen LogP contribution is 2.32. The van der Waals surface area contributed by atoms with Crippen LogP contribution in [0.5, 0.6) is 0 Å². The van der Waals surface area contributed by atoms with E-state index >= 15 is 0 Å². The molecule has 1 saturated heterocycles. The van der Waals surface area contributed by atoms with Gasteiger partial charge in [-0.05, 0) is 36.6 Å². The largest absolute Gasteiger partial charge is 0.495 e. The van der Waals surface area contributed by atoms with Gasteiger partial charge in [0.05, 0.1) is 13.2 Å². The Bertz CT molecular complexity index is 750. The van der Waals surface area contributed by atoms with Crippen LogP contribution < -0.4 is 5.32 Å². The highest BCUT2D eigenvalue weighted by Gasteiger charge is 2.30. The third-order valence-electron chi connectivity index (χ3n) is 5.67. The lowest BCUT2D eigenvalue weighted by Crippen LogP contribution is -2.44. The summed E-state index contributed by atoms with van der Waals surface area (Å²) in [7, 11) is 3.39. The van der Waals surface area contributed by atoms with Crippen molar-refractivity contribution < 1.29 is 14.2 Å². The molecule has 1 fully saturated rings. The fraction of sp³-hybridized carbons (Fsp3) is 0.500.